The van der Waals surface area contributed by atoms with E-state index in [9.17, 15) is 14.0 Å². The molecular formula is C27H28FN5O3. The molecule has 36 heavy (non-hydrogen) atoms. The SMILES string of the molecule is COCCNC(=O)C(c1ccccc1C)N(Cc1ccc(F)cc1)C(=O)Cn1nnc2ccccc21. The summed E-state index contributed by atoms with van der Waals surface area (Å²) in [7, 11) is 1.55. The van der Waals surface area contributed by atoms with Gasteiger partial charge in [-0.15, -0.1) is 5.10 Å². The molecule has 4 aromatic rings. The lowest BCUT2D eigenvalue weighted by Gasteiger charge is -2.32. The van der Waals surface area contributed by atoms with Gasteiger partial charge in [-0.3, -0.25) is 9.59 Å². The normalized spacial score (nSPS) is 11.9. The number of fused-ring (bicyclic) bond motifs is 1. The number of halogens is 1. The highest BCUT2D eigenvalue weighted by Crippen LogP contribution is 2.27. The van der Waals surface area contributed by atoms with Crippen LogP contribution in [-0.4, -0.2) is 52.0 Å². The van der Waals surface area contributed by atoms with E-state index in [1.165, 1.54) is 21.7 Å². The number of hydrogen-bond acceptors (Lipinski definition) is 5. The Balaban J connectivity index is 1.74. The minimum Gasteiger partial charge on any atom is -0.383 e. The third-order valence-electron chi connectivity index (χ3n) is 5.94. The Kier molecular flexibility index (Phi) is 8.02. The van der Waals surface area contributed by atoms with Crippen molar-refractivity contribution < 1.29 is 18.7 Å². The molecule has 9 heteroatoms. The fourth-order valence-corrected chi connectivity index (χ4v) is 4.08. The number of nitrogens with zero attached hydrogens (tertiary/aromatic N) is 4. The maximum absolute atomic E-state index is 13.8. The van der Waals surface area contributed by atoms with Gasteiger partial charge in [0, 0.05) is 20.2 Å². The lowest BCUT2D eigenvalue weighted by molar-refractivity contribution is -0.142. The van der Waals surface area contributed by atoms with Gasteiger partial charge >= 0.3 is 0 Å². The second kappa shape index (κ2) is 11.5. The standard InChI is InChI=1S/C27H28FN5O3/c1-19-7-3-4-8-22(19)26(27(35)29-15-16-36-2)32(17-20-11-13-21(28)14-12-20)25(34)18-33-24-10-6-5-9-23(24)30-31-33/h3-14,26H,15-18H2,1-2H3,(H,29,35). The second-order valence-corrected chi connectivity index (χ2v) is 8.43. The Labute approximate surface area is 208 Å². The summed E-state index contributed by atoms with van der Waals surface area (Å²) in [6.07, 6.45) is 0. The lowest BCUT2D eigenvalue weighted by Crippen LogP contribution is -2.45. The van der Waals surface area contributed by atoms with E-state index >= 15 is 0 Å². The van der Waals surface area contributed by atoms with Crippen LogP contribution in [0.2, 0.25) is 0 Å². The van der Waals surface area contributed by atoms with E-state index in [0.717, 1.165) is 5.56 Å². The fourth-order valence-electron chi connectivity index (χ4n) is 4.08. The predicted octanol–water partition coefficient (Wildman–Crippen LogP) is 3.41. The molecule has 1 N–H and O–H groups in total. The number of methoxy groups -OCH3 is 1. The molecule has 0 radical (unpaired) electrons. The molecule has 8 nitrogen and oxygen atoms in total. The summed E-state index contributed by atoms with van der Waals surface area (Å²) in [5.74, 6) is -1.04. The average molecular weight is 490 g/mol. The zero-order valence-corrected chi connectivity index (χ0v) is 20.2. The first-order valence-corrected chi connectivity index (χ1v) is 11.6. The van der Waals surface area contributed by atoms with Crippen LogP contribution in [0.15, 0.2) is 72.8 Å². The Morgan fingerprint density at radius 2 is 1.78 bits per heavy atom. The highest BCUT2D eigenvalue weighted by Gasteiger charge is 2.33. The molecule has 0 aliphatic heterocycles. The van der Waals surface area contributed by atoms with Crippen LogP contribution in [0.3, 0.4) is 0 Å². The molecule has 3 aromatic carbocycles. The Bertz CT molecular complexity index is 1340. The Hall–Kier alpha value is -4.11. The van der Waals surface area contributed by atoms with E-state index in [1.54, 1.807) is 19.2 Å². The summed E-state index contributed by atoms with van der Waals surface area (Å²) in [5, 5.41) is 11.2. The van der Waals surface area contributed by atoms with Gasteiger partial charge in [-0.1, -0.05) is 53.7 Å². The highest BCUT2D eigenvalue weighted by atomic mass is 19.1. The number of rotatable bonds is 10. The van der Waals surface area contributed by atoms with E-state index in [2.05, 4.69) is 15.6 Å². The molecule has 1 aromatic heterocycles. The second-order valence-electron chi connectivity index (χ2n) is 8.43. The number of carbonyl (C=O) groups is 2. The van der Waals surface area contributed by atoms with E-state index in [4.69, 9.17) is 4.74 Å². The van der Waals surface area contributed by atoms with Gasteiger partial charge in [-0.05, 0) is 47.9 Å². The number of benzene rings is 3. The first-order chi connectivity index (χ1) is 17.5. The molecule has 186 valence electrons. The van der Waals surface area contributed by atoms with Gasteiger partial charge in [0.2, 0.25) is 11.8 Å². The topological polar surface area (TPSA) is 89.4 Å². The molecule has 0 bridgehead atoms. The van der Waals surface area contributed by atoms with Crippen LogP contribution in [0, 0.1) is 12.7 Å². The molecule has 0 aliphatic rings. The summed E-state index contributed by atoms with van der Waals surface area (Å²) in [6.45, 7) is 2.52. The maximum atomic E-state index is 13.8. The van der Waals surface area contributed by atoms with Crippen LogP contribution < -0.4 is 5.32 Å². The van der Waals surface area contributed by atoms with Gasteiger partial charge in [0.15, 0.2) is 0 Å². The van der Waals surface area contributed by atoms with E-state index < -0.39 is 6.04 Å². The van der Waals surface area contributed by atoms with Crippen molar-refractivity contribution in [2.24, 2.45) is 0 Å². The lowest BCUT2D eigenvalue weighted by atomic mass is 9.98. The number of aryl methyl sites for hydroxylation is 1. The monoisotopic (exact) mass is 489 g/mol. The quantitative estimate of drug-likeness (QED) is 0.345. The molecule has 0 fully saturated rings. The van der Waals surface area contributed by atoms with Crippen molar-refractivity contribution in [3.63, 3.8) is 0 Å². The fraction of sp³-hybridized carbons (Fsp3) is 0.259. The van der Waals surface area contributed by atoms with Crippen LogP contribution in [-0.2, 0) is 27.4 Å². The van der Waals surface area contributed by atoms with Crippen LogP contribution in [0.1, 0.15) is 22.7 Å². The van der Waals surface area contributed by atoms with Crippen LogP contribution >= 0.6 is 0 Å². The number of amides is 2. The first kappa shape index (κ1) is 25.0. The van der Waals surface area contributed by atoms with Crippen LogP contribution in [0.25, 0.3) is 11.0 Å². The molecule has 0 saturated carbocycles. The number of nitrogens with one attached hydrogen (secondary N) is 1. The van der Waals surface area contributed by atoms with Crippen molar-refractivity contribution in [1.29, 1.82) is 0 Å². The largest absolute Gasteiger partial charge is 0.383 e. The van der Waals surface area contributed by atoms with E-state index in [1.807, 2.05) is 55.5 Å². The number of hydrogen-bond donors (Lipinski definition) is 1. The van der Waals surface area contributed by atoms with Gasteiger partial charge in [0.1, 0.15) is 23.9 Å². The molecule has 1 atom stereocenters. The van der Waals surface area contributed by atoms with Crippen molar-refractivity contribution in [2.45, 2.75) is 26.1 Å². The zero-order valence-electron chi connectivity index (χ0n) is 20.2. The third-order valence-corrected chi connectivity index (χ3v) is 5.94. The van der Waals surface area contributed by atoms with Crippen LogP contribution in [0.5, 0.6) is 0 Å². The smallest absolute Gasteiger partial charge is 0.247 e. The van der Waals surface area contributed by atoms with Gasteiger partial charge in [-0.25, -0.2) is 9.07 Å². The average Bonchev–Trinajstić information content (AvgIpc) is 3.29. The summed E-state index contributed by atoms with van der Waals surface area (Å²) < 4.78 is 20.2. The zero-order chi connectivity index (χ0) is 25.5. The molecule has 0 aliphatic carbocycles. The van der Waals surface area contributed by atoms with Gasteiger partial charge in [0.05, 0.1) is 12.1 Å². The molecular weight excluding hydrogens is 461 g/mol. The summed E-state index contributed by atoms with van der Waals surface area (Å²) in [6, 6.07) is 19.8. The number of carbonyl (C=O) groups excluding carboxylic acids is 2. The summed E-state index contributed by atoms with van der Waals surface area (Å²) >= 11 is 0. The van der Waals surface area contributed by atoms with Crippen molar-refractivity contribution in [3.05, 3.63) is 95.3 Å². The van der Waals surface area contributed by atoms with Gasteiger partial charge in [0.25, 0.3) is 0 Å². The molecule has 1 unspecified atom stereocenters. The minimum absolute atomic E-state index is 0.0996. The van der Waals surface area contributed by atoms with Crippen molar-refractivity contribution >= 4 is 22.8 Å². The minimum atomic E-state index is -0.921. The maximum Gasteiger partial charge on any atom is 0.247 e. The molecule has 0 spiro atoms. The number of para-hydroxylation sites is 1. The Morgan fingerprint density at radius 1 is 1.06 bits per heavy atom. The number of aromatic nitrogens is 3. The van der Waals surface area contributed by atoms with E-state index in [0.29, 0.717) is 35.3 Å². The van der Waals surface area contributed by atoms with Crippen molar-refractivity contribution in [3.8, 4) is 0 Å². The Morgan fingerprint density at radius 3 is 2.53 bits per heavy atom. The van der Waals surface area contributed by atoms with Crippen molar-refractivity contribution in [2.75, 3.05) is 20.3 Å². The summed E-state index contributed by atoms with van der Waals surface area (Å²) in [4.78, 5) is 28.9. The van der Waals surface area contributed by atoms with E-state index in [-0.39, 0.29) is 30.7 Å². The predicted molar refractivity (Wildman–Crippen MR) is 133 cm³/mol. The molecule has 1 heterocycles. The van der Waals surface area contributed by atoms with Gasteiger partial charge in [-0.2, -0.15) is 0 Å². The first-order valence-electron chi connectivity index (χ1n) is 11.6. The molecule has 2 amide bonds. The highest BCUT2D eigenvalue weighted by molar-refractivity contribution is 5.89. The molecule has 0 saturated heterocycles. The summed E-state index contributed by atoms with van der Waals surface area (Å²) in [5.41, 5.74) is 3.64. The van der Waals surface area contributed by atoms with Gasteiger partial charge < -0.3 is 15.0 Å². The third kappa shape index (κ3) is 5.75. The van der Waals surface area contributed by atoms with Crippen LogP contribution in [0.4, 0.5) is 4.39 Å². The number of ether oxygens (including phenoxy) is 1. The molecule has 4 rings (SSSR count). The van der Waals surface area contributed by atoms with Crippen molar-refractivity contribution in [1.82, 2.24) is 25.2 Å².